The molecule has 1 fully saturated rings. The number of halogens is 2. The molecular formula is C19H20F2N4O. The van der Waals surface area contributed by atoms with Crippen molar-refractivity contribution in [2.24, 2.45) is 0 Å². The third-order valence-corrected chi connectivity index (χ3v) is 5.29. The summed E-state index contributed by atoms with van der Waals surface area (Å²) in [7, 11) is 1.72. The number of hydrogen-bond donors (Lipinski definition) is 0. The van der Waals surface area contributed by atoms with Crippen molar-refractivity contribution in [3.8, 4) is 0 Å². The van der Waals surface area contributed by atoms with Crippen LogP contribution in [-0.4, -0.2) is 47.2 Å². The quantitative estimate of drug-likeness (QED) is 0.840. The molecular weight excluding hydrogens is 338 g/mol. The summed E-state index contributed by atoms with van der Waals surface area (Å²) < 4.78 is 26.7. The maximum absolute atomic E-state index is 13.7. The Morgan fingerprint density at radius 1 is 1.23 bits per heavy atom. The van der Waals surface area contributed by atoms with Crippen LogP contribution in [0.4, 0.5) is 14.6 Å². The van der Waals surface area contributed by atoms with E-state index in [-0.39, 0.29) is 23.9 Å². The lowest BCUT2D eigenvalue weighted by molar-refractivity contribution is -0.131. The van der Waals surface area contributed by atoms with E-state index < -0.39 is 11.6 Å². The lowest BCUT2D eigenvalue weighted by Crippen LogP contribution is -2.60. The van der Waals surface area contributed by atoms with Gasteiger partial charge in [-0.2, -0.15) is 5.10 Å². The first-order valence-corrected chi connectivity index (χ1v) is 8.81. The van der Waals surface area contributed by atoms with Crippen molar-refractivity contribution in [3.05, 3.63) is 52.7 Å². The molecule has 0 bridgehead atoms. The van der Waals surface area contributed by atoms with Gasteiger partial charge in [0, 0.05) is 26.2 Å². The van der Waals surface area contributed by atoms with E-state index in [2.05, 4.69) is 21.2 Å². The molecule has 0 saturated carbocycles. The number of likely N-dealkylation sites (N-methyl/N-ethyl adjacent to an activating group) is 1. The molecule has 1 saturated heterocycles. The highest BCUT2D eigenvalue weighted by Gasteiger charge is 2.34. The van der Waals surface area contributed by atoms with Crippen LogP contribution in [0.1, 0.15) is 23.2 Å². The van der Waals surface area contributed by atoms with E-state index in [0.717, 1.165) is 36.8 Å². The topological polar surface area (TPSA) is 49.3 Å². The van der Waals surface area contributed by atoms with Gasteiger partial charge in [-0.1, -0.05) is 6.07 Å². The van der Waals surface area contributed by atoms with Gasteiger partial charge in [-0.15, -0.1) is 5.10 Å². The summed E-state index contributed by atoms with van der Waals surface area (Å²) in [5.74, 6) is -0.653. The van der Waals surface area contributed by atoms with Gasteiger partial charge in [0.15, 0.2) is 5.82 Å². The van der Waals surface area contributed by atoms with Crippen LogP contribution < -0.4 is 4.90 Å². The predicted molar refractivity (Wildman–Crippen MR) is 92.9 cm³/mol. The smallest absolute Gasteiger partial charge is 0.227 e. The zero-order valence-electron chi connectivity index (χ0n) is 14.6. The largest absolute Gasteiger partial charge is 0.351 e. The zero-order chi connectivity index (χ0) is 18.3. The molecule has 0 unspecified atom stereocenters. The third-order valence-electron chi connectivity index (χ3n) is 5.29. The fourth-order valence-corrected chi connectivity index (χ4v) is 3.52. The molecule has 26 heavy (non-hydrogen) atoms. The fraction of sp³-hybridized carbons (Fsp3) is 0.421. The molecule has 0 spiro atoms. The second-order valence-corrected chi connectivity index (χ2v) is 7.00. The Morgan fingerprint density at radius 2 is 2.04 bits per heavy atom. The highest BCUT2D eigenvalue weighted by molar-refractivity contribution is 5.79. The van der Waals surface area contributed by atoms with E-state index in [4.69, 9.17) is 0 Å². The van der Waals surface area contributed by atoms with Gasteiger partial charge in [0.1, 0.15) is 11.6 Å². The molecule has 1 aliphatic carbocycles. The minimum absolute atomic E-state index is 0.0565. The number of anilines is 1. The second-order valence-electron chi connectivity index (χ2n) is 7.00. The van der Waals surface area contributed by atoms with E-state index in [0.29, 0.717) is 13.1 Å². The molecule has 5 nitrogen and oxygen atoms in total. The number of aromatic nitrogens is 2. The zero-order valence-corrected chi connectivity index (χ0v) is 14.6. The van der Waals surface area contributed by atoms with Gasteiger partial charge in [-0.3, -0.25) is 4.79 Å². The van der Waals surface area contributed by atoms with Crippen molar-refractivity contribution in [2.45, 2.75) is 31.7 Å². The van der Waals surface area contributed by atoms with E-state index in [1.165, 1.54) is 17.7 Å². The van der Waals surface area contributed by atoms with Crippen molar-refractivity contribution in [1.82, 2.24) is 15.1 Å². The average Bonchev–Trinajstić information content (AvgIpc) is 3.03. The Morgan fingerprint density at radius 3 is 2.81 bits per heavy atom. The molecule has 1 amide bonds. The van der Waals surface area contributed by atoms with E-state index >= 15 is 0 Å². The van der Waals surface area contributed by atoms with Crippen molar-refractivity contribution in [1.29, 1.82) is 0 Å². The molecule has 136 valence electrons. The van der Waals surface area contributed by atoms with Crippen LogP contribution in [0.3, 0.4) is 0 Å². The summed E-state index contributed by atoms with van der Waals surface area (Å²) in [6.07, 6.45) is 3.12. The maximum Gasteiger partial charge on any atom is 0.227 e. The number of hydrogen-bond acceptors (Lipinski definition) is 4. The number of amides is 1. The number of carbonyl (C=O) groups is 1. The number of fused-ring (bicyclic) bond motifs is 1. The standard InChI is InChI=1S/C19H20F2N4O/c1-24(19(26)8-12-5-6-14(20)9-16(12)21)15-10-25(11-15)18-7-13-3-2-4-17(13)22-23-18/h5-7,9,15H,2-4,8,10-11H2,1H3. The van der Waals surface area contributed by atoms with Crippen LogP contribution in [0, 0.1) is 11.6 Å². The van der Waals surface area contributed by atoms with Crippen molar-refractivity contribution >= 4 is 11.7 Å². The second kappa shape index (κ2) is 6.63. The van der Waals surface area contributed by atoms with E-state index in [9.17, 15) is 13.6 Å². The van der Waals surface area contributed by atoms with Crippen molar-refractivity contribution in [3.63, 3.8) is 0 Å². The summed E-state index contributed by atoms with van der Waals surface area (Å²) in [6, 6.07) is 5.45. The van der Waals surface area contributed by atoms with Gasteiger partial charge < -0.3 is 9.80 Å². The lowest BCUT2D eigenvalue weighted by Gasteiger charge is -2.44. The Bertz CT molecular complexity index is 851. The maximum atomic E-state index is 13.7. The molecule has 0 N–H and O–H groups in total. The molecule has 0 atom stereocenters. The van der Waals surface area contributed by atoms with Crippen LogP contribution in [0.5, 0.6) is 0 Å². The Hall–Kier alpha value is -2.57. The van der Waals surface area contributed by atoms with Gasteiger partial charge >= 0.3 is 0 Å². The van der Waals surface area contributed by atoms with E-state index in [1.54, 1.807) is 11.9 Å². The first-order chi connectivity index (χ1) is 12.5. The minimum Gasteiger partial charge on any atom is -0.351 e. The lowest BCUT2D eigenvalue weighted by atomic mass is 10.1. The van der Waals surface area contributed by atoms with Crippen LogP contribution in [-0.2, 0) is 24.1 Å². The van der Waals surface area contributed by atoms with Crippen LogP contribution in [0.25, 0.3) is 0 Å². The van der Waals surface area contributed by atoms with Gasteiger partial charge in [-0.05, 0) is 42.5 Å². The average molecular weight is 358 g/mol. The molecule has 7 heteroatoms. The highest BCUT2D eigenvalue weighted by Crippen LogP contribution is 2.26. The minimum atomic E-state index is -0.685. The molecule has 1 aromatic carbocycles. The molecule has 2 aliphatic rings. The third kappa shape index (κ3) is 3.13. The normalized spacial score (nSPS) is 16.3. The Labute approximate surface area is 150 Å². The SMILES string of the molecule is CN(C(=O)Cc1ccc(F)cc1F)C1CN(c2cc3c(nn2)CCC3)C1. The van der Waals surface area contributed by atoms with Gasteiger partial charge in [-0.25, -0.2) is 8.78 Å². The first kappa shape index (κ1) is 16.9. The predicted octanol–water partition coefficient (Wildman–Crippen LogP) is 2.13. The first-order valence-electron chi connectivity index (χ1n) is 8.81. The molecule has 2 aromatic rings. The van der Waals surface area contributed by atoms with Crippen molar-refractivity contribution in [2.75, 3.05) is 25.0 Å². The molecule has 0 radical (unpaired) electrons. The summed E-state index contributed by atoms with van der Waals surface area (Å²) in [5, 5.41) is 8.58. The summed E-state index contributed by atoms with van der Waals surface area (Å²) >= 11 is 0. The Kier molecular flexibility index (Phi) is 4.30. The molecule has 1 aromatic heterocycles. The number of aryl methyl sites for hydroxylation is 2. The molecule has 1 aliphatic heterocycles. The summed E-state index contributed by atoms with van der Waals surface area (Å²) in [4.78, 5) is 16.1. The number of rotatable bonds is 4. The van der Waals surface area contributed by atoms with Crippen LogP contribution in [0.15, 0.2) is 24.3 Å². The van der Waals surface area contributed by atoms with Crippen molar-refractivity contribution < 1.29 is 13.6 Å². The highest BCUT2D eigenvalue weighted by atomic mass is 19.1. The molecule has 4 rings (SSSR count). The van der Waals surface area contributed by atoms with Crippen LogP contribution in [0.2, 0.25) is 0 Å². The van der Waals surface area contributed by atoms with Crippen LogP contribution >= 0.6 is 0 Å². The number of nitrogens with zero attached hydrogens (tertiary/aromatic N) is 4. The summed E-state index contributed by atoms with van der Waals surface area (Å²) in [5.41, 5.74) is 2.58. The molecule has 2 heterocycles. The van der Waals surface area contributed by atoms with Gasteiger partial charge in [0.25, 0.3) is 0 Å². The fourth-order valence-electron chi connectivity index (χ4n) is 3.52. The number of carbonyl (C=O) groups excluding carboxylic acids is 1. The van der Waals surface area contributed by atoms with E-state index in [1.807, 2.05) is 0 Å². The Balaban J connectivity index is 1.35. The van der Waals surface area contributed by atoms with Gasteiger partial charge in [0.05, 0.1) is 18.2 Å². The monoisotopic (exact) mass is 358 g/mol. The summed E-state index contributed by atoms with van der Waals surface area (Å²) in [6.45, 7) is 1.36. The number of benzene rings is 1. The van der Waals surface area contributed by atoms with Gasteiger partial charge in [0.2, 0.25) is 5.91 Å².